The summed E-state index contributed by atoms with van der Waals surface area (Å²) in [5, 5.41) is 24.0. The van der Waals surface area contributed by atoms with Crippen LogP contribution in [0.25, 0.3) is 0 Å². The van der Waals surface area contributed by atoms with Crippen LogP contribution in [0.2, 0.25) is 0 Å². The van der Waals surface area contributed by atoms with Crippen molar-refractivity contribution in [1.29, 1.82) is 0 Å². The number of ether oxygens (including phenoxy) is 2. The van der Waals surface area contributed by atoms with Gasteiger partial charge in [-0.1, -0.05) is 35.4 Å². The number of carbonyl (C=O) groups is 4. The molecule has 0 bridgehead atoms. The molecule has 0 saturated carbocycles. The molecule has 36 heavy (non-hydrogen) atoms. The normalized spacial score (nSPS) is 15.2. The maximum absolute atomic E-state index is 12.3. The summed E-state index contributed by atoms with van der Waals surface area (Å²) in [6, 6.07) is -0.605. The van der Waals surface area contributed by atoms with Crippen molar-refractivity contribution in [3.8, 4) is 0 Å². The Labute approximate surface area is 222 Å². The second-order valence-corrected chi connectivity index (χ2v) is 13.4. The predicted molar refractivity (Wildman–Crippen MR) is 143 cm³/mol. The molecule has 0 aromatic carbocycles. The molecule has 0 heterocycles. The SMILES string of the molecule is CC(CC[C@@H](CSSC[C@H](CCC(C)C(=O)O)NC(=O)OC(C)(C)C)NC(=O)OC(C)(C)C)C(=O)O. The molecular formula is C24H44N2O8S2. The molecule has 0 aliphatic rings. The van der Waals surface area contributed by atoms with E-state index in [0.717, 1.165) is 0 Å². The summed E-state index contributed by atoms with van der Waals surface area (Å²) in [5.41, 5.74) is -1.31. The molecule has 0 radical (unpaired) electrons. The Bertz CT molecular complexity index is 662. The van der Waals surface area contributed by atoms with Gasteiger partial charge in [-0.25, -0.2) is 9.59 Å². The molecule has 12 heteroatoms. The van der Waals surface area contributed by atoms with E-state index in [-0.39, 0.29) is 12.1 Å². The summed E-state index contributed by atoms with van der Waals surface area (Å²) in [6.07, 6.45) is 0.612. The topological polar surface area (TPSA) is 151 Å². The molecule has 0 fully saturated rings. The van der Waals surface area contributed by atoms with Crippen molar-refractivity contribution in [3.63, 3.8) is 0 Å². The molecule has 0 spiro atoms. The summed E-state index contributed by atoms with van der Waals surface area (Å²) in [7, 11) is 2.96. The van der Waals surface area contributed by atoms with Gasteiger partial charge in [0.1, 0.15) is 11.2 Å². The predicted octanol–water partition coefficient (Wildman–Crippen LogP) is 5.16. The highest BCUT2D eigenvalue weighted by molar-refractivity contribution is 8.76. The van der Waals surface area contributed by atoms with E-state index in [2.05, 4.69) is 10.6 Å². The Kier molecular flexibility index (Phi) is 15.3. The van der Waals surface area contributed by atoms with Crippen LogP contribution in [-0.2, 0) is 19.1 Å². The molecule has 210 valence electrons. The van der Waals surface area contributed by atoms with Crippen molar-refractivity contribution in [2.24, 2.45) is 11.8 Å². The highest BCUT2D eigenvalue weighted by Gasteiger charge is 2.23. The first kappa shape index (κ1) is 34.2. The lowest BCUT2D eigenvalue weighted by Crippen LogP contribution is -2.41. The zero-order valence-electron chi connectivity index (χ0n) is 22.7. The van der Waals surface area contributed by atoms with Crippen LogP contribution in [0, 0.1) is 11.8 Å². The van der Waals surface area contributed by atoms with Crippen LogP contribution in [0.4, 0.5) is 9.59 Å². The van der Waals surface area contributed by atoms with Gasteiger partial charge in [-0.3, -0.25) is 9.59 Å². The molecule has 0 saturated heterocycles. The Morgan fingerprint density at radius 3 is 1.22 bits per heavy atom. The lowest BCUT2D eigenvalue weighted by atomic mass is 10.0. The van der Waals surface area contributed by atoms with E-state index in [1.807, 2.05) is 0 Å². The van der Waals surface area contributed by atoms with Crippen LogP contribution >= 0.6 is 21.6 Å². The largest absolute Gasteiger partial charge is 0.481 e. The van der Waals surface area contributed by atoms with Crippen molar-refractivity contribution in [1.82, 2.24) is 10.6 Å². The average molecular weight is 553 g/mol. The van der Waals surface area contributed by atoms with E-state index < -0.39 is 47.2 Å². The summed E-state index contributed by atoms with van der Waals surface area (Å²) in [4.78, 5) is 46.9. The highest BCUT2D eigenvalue weighted by atomic mass is 33.1. The number of carboxylic acids is 2. The average Bonchev–Trinajstić information content (AvgIpc) is 2.69. The highest BCUT2D eigenvalue weighted by Crippen LogP contribution is 2.26. The van der Waals surface area contributed by atoms with Crippen molar-refractivity contribution >= 4 is 45.7 Å². The van der Waals surface area contributed by atoms with Gasteiger partial charge >= 0.3 is 24.1 Å². The van der Waals surface area contributed by atoms with E-state index >= 15 is 0 Å². The van der Waals surface area contributed by atoms with Gasteiger partial charge in [0.05, 0.1) is 11.8 Å². The van der Waals surface area contributed by atoms with Crippen molar-refractivity contribution in [2.45, 2.75) is 104 Å². The Balaban J connectivity index is 5.00. The number of aliphatic carboxylic acids is 2. The molecule has 10 nitrogen and oxygen atoms in total. The molecule has 0 aliphatic heterocycles. The third-order valence-corrected chi connectivity index (χ3v) is 7.36. The number of alkyl carbamates (subject to hydrolysis) is 2. The minimum Gasteiger partial charge on any atom is -0.481 e. The van der Waals surface area contributed by atoms with Gasteiger partial charge in [0, 0.05) is 23.6 Å². The fraction of sp³-hybridized carbons (Fsp3) is 0.833. The Hall–Kier alpha value is -1.82. The second kappa shape index (κ2) is 16.1. The molecule has 4 atom stereocenters. The summed E-state index contributed by atoms with van der Waals surface area (Å²) < 4.78 is 10.7. The molecule has 0 aromatic rings. The van der Waals surface area contributed by atoms with E-state index in [1.54, 1.807) is 55.4 Å². The summed E-state index contributed by atoms with van der Waals surface area (Å²) in [6.45, 7) is 13.8. The van der Waals surface area contributed by atoms with E-state index in [1.165, 1.54) is 21.6 Å². The van der Waals surface area contributed by atoms with Gasteiger partial charge in [0.2, 0.25) is 0 Å². The zero-order chi connectivity index (χ0) is 28.1. The first-order valence-electron chi connectivity index (χ1n) is 12.1. The lowest BCUT2D eigenvalue weighted by molar-refractivity contribution is -0.142. The van der Waals surface area contributed by atoms with Gasteiger partial charge in [0.25, 0.3) is 0 Å². The van der Waals surface area contributed by atoms with E-state index in [4.69, 9.17) is 19.7 Å². The second-order valence-electron chi connectivity index (χ2n) is 10.9. The number of amides is 2. The number of hydrogen-bond donors (Lipinski definition) is 4. The quantitative estimate of drug-likeness (QED) is 0.158. The van der Waals surface area contributed by atoms with Crippen LogP contribution in [0.5, 0.6) is 0 Å². The number of carbonyl (C=O) groups excluding carboxylic acids is 2. The van der Waals surface area contributed by atoms with Gasteiger partial charge in [-0.2, -0.15) is 0 Å². The van der Waals surface area contributed by atoms with Gasteiger partial charge in [-0.05, 0) is 67.2 Å². The standard InChI is InChI=1S/C24H44N2O8S2/c1-15(19(27)28)9-11-17(25-21(31)33-23(3,4)5)13-35-36-14-18(12-10-16(2)20(29)30)26-22(32)34-24(6,7)8/h15-18H,9-14H2,1-8H3,(H,25,31)(H,26,32)(H,27,28)(H,29,30)/t15?,16?,17-,18-/m0/s1. The lowest BCUT2D eigenvalue weighted by Gasteiger charge is -2.25. The zero-order valence-corrected chi connectivity index (χ0v) is 24.3. The minimum atomic E-state index is -0.889. The maximum Gasteiger partial charge on any atom is 0.407 e. The number of rotatable bonds is 15. The smallest absolute Gasteiger partial charge is 0.407 e. The first-order chi connectivity index (χ1) is 16.4. The fourth-order valence-electron chi connectivity index (χ4n) is 2.75. The van der Waals surface area contributed by atoms with Gasteiger partial charge < -0.3 is 30.3 Å². The third-order valence-electron chi connectivity index (χ3n) is 4.80. The number of nitrogens with one attached hydrogen (secondary N) is 2. The van der Waals surface area contributed by atoms with Crippen LogP contribution < -0.4 is 10.6 Å². The van der Waals surface area contributed by atoms with Crippen LogP contribution in [-0.4, -0.2) is 69.1 Å². The Morgan fingerprint density at radius 1 is 0.667 bits per heavy atom. The molecular weight excluding hydrogens is 508 g/mol. The first-order valence-corrected chi connectivity index (χ1v) is 14.6. The van der Waals surface area contributed by atoms with Crippen LogP contribution in [0.15, 0.2) is 0 Å². The monoisotopic (exact) mass is 552 g/mol. The number of hydrogen-bond acceptors (Lipinski definition) is 8. The Morgan fingerprint density at radius 2 is 0.972 bits per heavy atom. The van der Waals surface area contributed by atoms with E-state index in [0.29, 0.717) is 37.2 Å². The van der Waals surface area contributed by atoms with Crippen LogP contribution in [0.3, 0.4) is 0 Å². The molecule has 2 unspecified atom stereocenters. The third kappa shape index (κ3) is 18.4. The molecule has 4 N–H and O–H groups in total. The summed E-state index contributed by atoms with van der Waals surface area (Å²) in [5.74, 6) is -1.85. The molecule has 0 rings (SSSR count). The van der Waals surface area contributed by atoms with Crippen molar-refractivity contribution in [3.05, 3.63) is 0 Å². The molecule has 0 aliphatic carbocycles. The summed E-state index contributed by atoms with van der Waals surface area (Å²) >= 11 is 0. The van der Waals surface area contributed by atoms with Crippen molar-refractivity contribution in [2.75, 3.05) is 11.5 Å². The van der Waals surface area contributed by atoms with Gasteiger partial charge in [0.15, 0.2) is 0 Å². The maximum atomic E-state index is 12.3. The van der Waals surface area contributed by atoms with E-state index in [9.17, 15) is 19.2 Å². The van der Waals surface area contributed by atoms with Crippen molar-refractivity contribution < 1.29 is 38.9 Å². The molecule has 2 amide bonds. The number of carboxylic acid groups (broad SMARTS) is 2. The fourth-order valence-corrected chi connectivity index (χ4v) is 5.34. The van der Waals surface area contributed by atoms with Gasteiger partial charge in [-0.15, -0.1) is 0 Å². The minimum absolute atomic E-state index is 0.302. The molecule has 0 aromatic heterocycles. The van der Waals surface area contributed by atoms with Crippen LogP contribution in [0.1, 0.15) is 81.1 Å².